The summed E-state index contributed by atoms with van der Waals surface area (Å²) in [6.45, 7) is 12.3. The van der Waals surface area contributed by atoms with Crippen molar-refractivity contribution in [3.8, 4) is 0 Å². The van der Waals surface area contributed by atoms with Gasteiger partial charge in [0.25, 0.3) is 0 Å². The summed E-state index contributed by atoms with van der Waals surface area (Å²) in [5.41, 5.74) is 1.92. The maximum absolute atomic E-state index is 13.1. The molecule has 0 unspecified atom stereocenters. The van der Waals surface area contributed by atoms with Crippen molar-refractivity contribution in [2.45, 2.75) is 105 Å². The number of carbonyl (C=O) groups excluding carboxylic acids is 1. The van der Waals surface area contributed by atoms with E-state index in [4.69, 9.17) is 0 Å². The molecule has 1 nitrogen and oxygen atoms in total. The van der Waals surface area contributed by atoms with Crippen molar-refractivity contribution < 1.29 is 4.79 Å². The van der Waals surface area contributed by atoms with Gasteiger partial charge >= 0.3 is 0 Å². The molecule has 3 saturated carbocycles. The van der Waals surface area contributed by atoms with Crippen LogP contribution >= 0.6 is 0 Å². The largest absolute Gasteiger partial charge is 0.295 e. The highest BCUT2D eigenvalue weighted by Gasteiger charge is 2.60. The number of hydrogen-bond donors (Lipinski definition) is 0. The molecule has 0 bridgehead atoms. The smallest absolute Gasteiger partial charge is 0.159 e. The number of hydrogen-bond acceptors (Lipinski definition) is 1. The molecule has 7 atom stereocenters. The van der Waals surface area contributed by atoms with Crippen LogP contribution in [0.5, 0.6) is 0 Å². The van der Waals surface area contributed by atoms with Crippen LogP contribution in [0, 0.1) is 46.3 Å². The number of allylic oxidation sites excluding steroid dienone is 2. The summed E-state index contributed by atoms with van der Waals surface area (Å²) in [6.07, 6.45) is 16.6. The lowest BCUT2D eigenvalue weighted by molar-refractivity contribution is -0.129. The van der Waals surface area contributed by atoms with Crippen LogP contribution in [0.4, 0.5) is 0 Å². The van der Waals surface area contributed by atoms with Crippen LogP contribution in [0.15, 0.2) is 11.6 Å². The summed E-state index contributed by atoms with van der Waals surface area (Å²) in [7, 11) is 0. The number of rotatable bonds is 5. The van der Waals surface area contributed by atoms with E-state index in [0.29, 0.717) is 17.1 Å². The average molecular weight is 385 g/mol. The first-order valence-electron chi connectivity index (χ1n) is 12.5. The van der Waals surface area contributed by atoms with Crippen LogP contribution in [-0.2, 0) is 4.79 Å². The van der Waals surface area contributed by atoms with Gasteiger partial charge in [0.2, 0.25) is 0 Å². The van der Waals surface area contributed by atoms with E-state index in [-0.39, 0.29) is 5.41 Å². The topological polar surface area (TPSA) is 17.1 Å². The zero-order valence-corrected chi connectivity index (χ0v) is 19.2. The van der Waals surface area contributed by atoms with Gasteiger partial charge in [-0.1, -0.05) is 60.0 Å². The molecule has 0 saturated heterocycles. The molecule has 28 heavy (non-hydrogen) atoms. The Balaban J connectivity index is 1.52. The number of ketones is 1. The molecule has 0 spiro atoms. The summed E-state index contributed by atoms with van der Waals surface area (Å²) < 4.78 is 0. The summed E-state index contributed by atoms with van der Waals surface area (Å²) in [6, 6.07) is 0. The zero-order valence-electron chi connectivity index (χ0n) is 19.2. The second kappa shape index (κ2) is 7.59. The second-order valence-corrected chi connectivity index (χ2v) is 12.0. The summed E-state index contributed by atoms with van der Waals surface area (Å²) >= 11 is 0. The molecule has 4 aliphatic rings. The number of fused-ring (bicyclic) bond motifs is 5. The first-order valence-corrected chi connectivity index (χ1v) is 12.5. The van der Waals surface area contributed by atoms with Gasteiger partial charge in [-0.05, 0) is 96.9 Å². The van der Waals surface area contributed by atoms with E-state index in [9.17, 15) is 4.79 Å². The minimum atomic E-state index is 0.195. The van der Waals surface area contributed by atoms with E-state index in [2.05, 4.69) is 40.7 Å². The molecule has 0 aromatic heterocycles. The van der Waals surface area contributed by atoms with Crippen LogP contribution in [0.3, 0.4) is 0 Å². The minimum absolute atomic E-state index is 0.195. The second-order valence-electron chi connectivity index (χ2n) is 12.0. The normalized spacial score (nSPS) is 43.9. The highest BCUT2D eigenvalue weighted by atomic mass is 16.1. The van der Waals surface area contributed by atoms with Gasteiger partial charge in [0.05, 0.1) is 0 Å². The van der Waals surface area contributed by atoms with E-state index in [0.717, 1.165) is 42.4 Å². The maximum atomic E-state index is 13.1. The Kier molecular flexibility index (Phi) is 5.60. The molecule has 3 fully saturated rings. The fraction of sp³-hybridized carbons (Fsp3) is 0.889. The molecule has 4 aliphatic carbocycles. The predicted octanol–water partition coefficient (Wildman–Crippen LogP) is 7.60. The van der Waals surface area contributed by atoms with Crippen molar-refractivity contribution >= 4 is 5.78 Å². The van der Waals surface area contributed by atoms with Crippen molar-refractivity contribution in [1.82, 2.24) is 0 Å². The molecule has 0 radical (unpaired) electrons. The average Bonchev–Trinajstić information content (AvgIpc) is 2.99. The summed E-state index contributed by atoms with van der Waals surface area (Å²) in [4.78, 5) is 13.1. The van der Waals surface area contributed by atoms with Gasteiger partial charge in [-0.25, -0.2) is 0 Å². The molecule has 0 aromatic carbocycles. The third-order valence-electron chi connectivity index (χ3n) is 10.0. The Bertz CT molecular complexity index is 630. The molecule has 158 valence electrons. The Hall–Kier alpha value is -0.590. The molecule has 0 aromatic rings. The van der Waals surface area contributed by atoms with Gasteiger partial charge in [-0.3, -0.25) is 4.79 Å². The van der Waals surface area contributed by atoms with Crippen LogP contribution in [-0.4, -0.2) is 5.78 Å². The van der Waals surface area contributed by atoms with Crippen molar-refractivity contribution in [2.75, 3.05) is 0 Å². The van der Waals surface area contributed by atoms with E-state index in [1.807, 2.05) is 0 Å². The highest BCUT2D eigenvalue weighted by molar-refractivity contribution is 5.98. The van der Waals surface area contributed by atoms with Crippen LogP contribution in [0.25, 0.3) is 0 Å². The zero-order chi connectivity index (χ0) is 20.1. The Morgan fingerprint density at radius 3 is 2.57 bits per heavy atom. The van der Waals surface area contributed by atoms with Gasteiger partial charge in [0.15, 0.2) is 5.78 Å². The first-order chi connectivity index (χ1) is 13.3. The standard InChI is InChI=1S/C27H44O/c1-18(2)9-8-10-19(3)21-12-13-22-20-17-25(28)24-11-6-7-15-26(24,4)23(20)14-16-27(21,22)5/h11,18-23H,6-10,12-17H2,1-5H3/t19-,20-,21+,22-,23-,26-,27-/m1/s1. The van der Waals surface area contributed by atoms with Crippen molar-refractivity contribution in [2.24, 2.45) is 46.3 Å². The van der Waals surface area contributed by atoms with Gasteiger partial charge in [0.1, 0.15) is 0 Å². The molecule has 0 N–H and O–H groups in total. The number of carbonyl (C=O) groups is 1. The number of Topliss-reactive ketones (excluding diaryl/α,β-unsaturated/α-hetero) is 1. The van der Waals surface area contributed by atoms with E-state index in [1.54, 1.807) is 0 Å². The molecular weight excluding hydrogens is 340 g/mol. The van der Waals surface area contributed by atoms with Crippen LogP contribution < -0.4 is 0 Å². The van der Waals surface area contributed by atoms with Crippen molar-refractivity contribution in [3.63, 3.8) is 0 Å². The van der Waals surface area contributed by atoms with Crippen LogP contribution in [0.1, 0.15) is 105 Å². The van der Waals surface area contributed by atoms with Crippen LogP contribution in [0.2, 0.25) is 0 Å². The third kappa shape index (κ3) is 3.24. The molecule has 1 heteroatoms. The lowest BCUT2D eigenvalue weighted by Crippen LogP contribution is -2.52. The molecule has 4 rings (SSSR count). The fourth-order valence-electron chi connectivity index (χ4n) is 8.61. The highest BCUT2D eigenvalue weighted by Crippen LogP contribution is 2.67. The minimum Gasteiger partial charge on any atom is -0.295 e. The molecule has 0 heterocycles. The fourth-order valence-corrected chi connectivity index (χ4v) is 8.61. The van der Waals surface area contributed by atoms with E-state index >= 15 is 0 Å². The van der Waals surface area contributed by atoms with Crippen molar-refractivity contribution in [3.05, 3.63) is 11.6 Å². The Labute approximate surface area is 174 Å². The molecular formula is C27H44O. The Morgan fingerprint density at radius 2 is 1.82 bits per heavy atom. The third-order valence-corrected chi connectivity index (χ3v) is 10.0. The van der Waals surface area contributed by atoms with Crippen molar-refractivity contribution in [1.29, 1.82) is 0 Å². The van der Waals surface area contributed by atoms with Gasteiger partial charge in [-0.2, -0.15) is 0 Å². The van der Waals surface area contributed by atoms with E-state index in [1.165, 1.54) is 63.4 Å². The first kappa shape index (κ1) is 20.7. The maximum Gasteiger partial charge on any atom is 0.159 e. The summed E-state index contributed by atoms with van der Waals surface area (Å²) in [5.74, 6) is 5.32. The molecule has 0 aliphatic heterocycles. The Morgan fingerprint density at radius 1 is 1.04 bits per heavy atom. The SMILES string of the molecule is CC(C)CCC[C@@H](C)[C@@H]1CC[C@@H]2[C@H]3CC(=O)C4=CCCC[C@]4(C)[C@@H]3CC[C@@]21C. The van der Waals surface area contributed by atoms with Gasteiger partial charge in [0, 0.05) is 6.42 Å². The summed E-state index contributed by atoms with van der Waals surface area (Å²) in [5, 5.41) is 0. The van der Waals surface area contributed by atoms with Gasteiger partial charge < -0.3 is 0 Å². The predicted molar refractivity (Wildman–Crippen MR) is 118 cm³/mol. The monoisotopic (exact) mass is 384 g/mol. The lowest BCUT2D eigenvalue weighted by atomic mass is 9.46. The molecule has 0 amide bonds. The quantitative estimate of drug-likeness (QED) is 0.477. The lowest BCUT2D eigenvalue weighted by Gasteiger charge is -2.58. The van der Waals surface area contributed by atoms with Gasteiger partial charge in [-0.15, -0.1) is 0 Å². The van der Waals surface area contributed by atoms with E-state index < -0.39 is 0 Å².